The van der Waals surface area contributed by atoms with Crippen LogP contribution < -0.4 is 5.32 Å². The van der Waals surface area contributed by atoms with Gasteiger partial charge >= 0.3 is 12.2 Å². The van der Waals surface area contributed by atoms with Crippen LogP contribution in [0.5, 0.6) is 0 Å². The van der Waals surface area contributed by atoms with Gasteiger partial charge in [-0.15, -0.1) is 0 Å². The summed E-state index contributed by atoms with van der Waals surface area (Å²) in [4.78, 5) is 27.6. The molecule has 9 heteroatoms. The molecule has 380 valence electrons. The molecule has 0 aliphatic carbocycles. The van der Waals surface area contributed by atoms with E-state index in [9.17, 15) is 9.59 Å². The van der Waals surface area contributed by atoms with E-state index in [2.05, 4.69) is 46.9 Å². The first-order valence-electron chi connectivity index (χ1n) is 27.8. The van der Waals surface area contributed by atoms with Crippen LogP contribution in [0.4, 0.5) is 9.59 Å². The van der Waals surface area contributed by atoms with Gasteiger partial charge < -0.3 is 33.9 Å². The number of carbonyl (C=O) groups is 2. The van der Waals surface area contributed by atoms with Gasteiger partial charge in [0.1, 0.15) is 12.2 Å². The first kappa shape index (κ1) is 60.6. The van der Waals surface area contributed by atoms with E-state index in [-0.39, 0.29) is 17.8 Å². The van der Waals surface area contributed by atoms with Gasteiger partial charge in [-0.1, -0.05) is 220 Å². The molecule has 64 heavy (non-hydrogen) atoms. The van der Waals surface area contributed by atoms with Crippen LogP contribution in [-0.2, 0) is 23.7 Å². The molecule has 1 aliphatic heterocycles. The summed E-state index contributed by atoms with van der Waals surface area (Å²) in [5.41, 5.74) is -0.611. The zero-order valence-electron chi connectivity index (χ0n) is 43.7. The molecule has 0 radical (unpaired) electrons. The largest absolute Gasteiger partial charge is 0.418 e. The van der Waals surface area contributed by atoms with E-state index in [1.165, 1.54) is 180 Å². The average Bonchev–Trinajstić information content (AvgIpc) is 3.71. The highest BCUT2D eigenvalue weighted by atomic mass is 16.6. The molecule has 0 aromatic heterocycles. The van der Waals surface area contributed by atoms with Crippen molar-refractivity contribution in [1.82, 2.24) is 10.2 Å². The molecule has 1 aliphatic rings. The van der Waals surface area contributed by atoms with Crippen LogP contribution in [0.1, 0.15) is 273 Å². The minimum Gasteiger partial charge on any atom is -0.378 e. The smallest absolute Gasteiger partial charge is 0.378 e. The van der Waals surface area contributed by atoms with Gasteiger partial charge in [0.2, 0.25) is 0 Å². The van der Waals surface area contributed by atoms with Crippen molar-refractivity contribution in [3.8, 4) is 0 Å². The maximum absolute atomic E-state index is 13.2. The molecule has 1 fully saturated rings. The number of amides is 2. The third-order valence-electron chi connectivity index (χ3n) is 14.3. The normalized spacial score (nSPS) is 17.1. The van der Waals surface area contributed by atoms with E-state index in [0.717, 1.165) is 44.9 Å². The van der Waals surface area contributed by atoms with Gasteiger partial charge in [-0.25, -0.2) is 9.59 Å². The molecule has 4 atom stereocenters. The Morgan fingerprint density at radius 1 is 0.484 bits per heavy atom. The number of ether oxygens (including phenoxy) is 5. The number of rotatable bonds is 46. The van der Waals surface area contributed by atoms with E-state index in [0.29, 0.717) is 45.9 Å². The monoisotopic (exact) mass is 909 g/mol. The van der Waals surface area contributed by atoms with Crippen molar-refractivity contribution in [3.63, 3.8) is 0 Å². The quantitative estimate of drug-likeness (QED) is 0.0480. The van der Waals surface area contributed by atoms with Crippen molar-refractivity contribution in [2.45, 2.75) is 296 Å². The maximum atomic E-state index is 13.2. The van der Waals surface area contributed by atoms with Gasteiger partial charge in [-0.3, -0.25) is 0 Å². The van der Waals surface area contributed by atoms with E-state index < -0.39 is 17.8 Å². The zero-order chi connectivity index (χ0) is 46.8. The minimum atomic E-state index is -0.732. The highest BCUT2D eigenvalue weighted by Crippen LogP contribution is 2.25. The van der Waals surface area contributed by atoms with Crippen LogP contribution in [-0.4, -0.2) is 87.1 Å². The molecule has 9 nitrogen and oxygen atoms in total. The van der Waals surface area contributed by atoms with Crippen LogP contribution >= 0.6 is 0 Å². The van der Waals surface area contributed by atoms with Crippen molar-refractivity contribution in [3.05, 3.63) is 0 Å². The average molecular weight is 909 g/mol. The van der Waals surface area contributed by atoms with Crippen LogP contribution in [0.3, 0.4) is 0 Å². The van der Waals surface area contributed by atoms with Gasteiger partial charge in [-0.05, 0) is 52.4 Å². The van der Waals surface area contributed by atoms with Crippen molar-refractivity contribution in [2.75, 3.05) is 46.6 Å². The van der Waals surface area contributed by atoms with Crippen LogP contribution in [0, 0.1) is 0 Å². The Morgan fingerprint density at radius 3 is 1.16 bits per heavy atom. The van der Waals surface area contributed by atoms with E-state index >= 15 is 0 Å². The van der Waals surface area contributed by atoms with Gasteiger partial charge in [0.15, 0.2) is 0 Å². The second kappa shape index (κ2) is 41.7. The van der Waals surface area contributed by atoms with E-state index in [1.807, 2.05) is 0 Å². The summed E-state index contributed by atoms with van der Waals surface area (Å²) in [5, 5.41) is 2.78. The lowest BCUT2D eigenvalue weighted by molar-refractivity contribution is -0.0772. The topological polar surface area (TPSA) is 95.6 Å². The molecule has 1 heterocycles. The molecule has 0 bridgehead atoms. The predicted molar refractivity (Wildman–Crippen MR) is 270 cm³/mol. The third-order valence-corrected chi connectivity index (χ3v) is 14.3. The number of alkyl carbamates (subject to hydrolysis) is 1. The summed E-state index contributed by atoms with van der Waals surface area (Å²) in [5.74, 6) is 0. The van der Waals surface area contributed by atoms with Gasteiger partial charge in [-0.2, -0.15) is 0 Å². The van der Waals surface area contributed by atoms with Crippen molar-refractivity contribution >= 4 is 12.2 Å². The van der Waals surface area contributed by atoms with Crippen molar-refractivity contribution in [2.24, 2.45) is 0 Å². The zero-order valence-corrected chi connectivity index (χ0v) is 43.7. The molecule has 4 unspecified atom stereocenters. The van der Waals surface area contributed by atoms with Crippen molar-refractivity contribution in [1.29, 1.82) is 0 Å². The first-order chi connectivity index (χ1) is 31.2. The fourth-order valence-corrected chi connectivity index (χ4v) is 8.88. The van der Waals surface area contributed by atoms with Gasteiger partial charge in [0.05, 0.1) is 30.9 Å². The predicted octanol–water partition coefficient (Wildman–Crippen LogP) is 16.2. The Bertz CT molecular complexity index is 1010. The molecule has 0 saturated carbocycles. The third kappa shape index (κ3) is 33.1. The number of likely N-dealkylation sites (tertiary alicyclic amines) is 1. The van der Waals surface area contributed by atoms with E-state index in [4.69, 9.17) is 23.7 Å². The molecule has 0 aromatic rings. The number of hydrogen-bond donors (Lipinski definition) is 1. The minimum absolute atomic E-state index is 0.211. The Kier molecular flexibility index (Phi) is 39.5. The van der Waals surface area contributed by atoms with Crippen LogP contribution in [0.2, 0.25) is 0 Å². The highest BCUT2D eigenvalue weighted by molar-refractivity contribution is 5.83. The molecular formula is C55H108N2O7. The fraction of sp³-hybridized carbons (Fsp3) is 0.964. The molecule has 2 amide bonds. The first-order valence-corrected chi connectivity index (χ1v) is 27.8. The van der Waals surface area contributed by atoms with Gasteiger partial charge in [0, 0.05) is 26.9 Å². The number of nitrogens with zero attached hydrogens (tertiary/aromatic N) is 1. The van der Waals surface area contributed by atoms with Gasteiger partial charge in [0.25, 0.3) is 0 Å². The molecule has 1 rings (SSSR count). The summed E-state index contributed by atoms with van der Waals surface area (Å²) in [7, 11) is 1.74. The maximum Gasteiger partial charge on any atom is 0.418 e. The van der Waals surface area contributed by atoms with Crippen LogP contribution in [0.25, 0.3) is 0 Å². The molecule has 1 N–H and O–H groups in total. The van der Waals surface area contributed by atoms with E-state index in [1.54, 1.807) is 12.0 Å². The Hall–Kier alpha value is -1.42. The standard InChI is InChI=1S/C55H108N2O7/c1-8-12-14-16-18-20-22-24-26-28-30-32-34-36-38-40-45-61-50-48-57(53(59)64-52(58)56-44-42-55(6,11-4)63-47-43-54(5,10-3)60-7)49-51(50)62-46-41-39-37-35-33-31-29-27-25-23-21-19-17-15-13-9-2/h50-51H,8-49H2,1-7H3,(H,56,58). The lowest BCUT2D eigenvalue weighted by atomic mass is 9.97. The second-order valence-electron chi connectivity index (χ2n) is 20.1. The molecular weight excluding hydrogens is 801 g/mol. The summed E-state index contributed by atoms with van der Waals surface area (Å²) in [6.07, 6.45) is 44.1. The Balaban J connectivity index is 2.41. The molecule has 1 saturated heterocycles. The summed E-state index contributed by atoms with van der Waals surface area (Å²) < 4.78 is 30.0. The lowest BCUT2D eigenvalue weighted by Crippen LogP contribution is -2.39. The summed E-state index contributed by atoms with van der Waals surface area (Å²) in [6.45, 7) is 15.9. The number of hydrogen-bond acceptors (Lipinski definition) is 7. The molecule has 0 spiro atoms. The molecule has 0 aromatic carbocycles. The Morgan fingerprint density at radius 2 is 0.828 bits per heavy atom. The number of methoxy groups -OCH3 is 1. The summed E-state index contributed by atoms with van der Waals surface area (Å²) in [6, 6.07) is 0. The highest BCUT2D eigenvalue weighted by Gasteiger charge is 2.38. The lowest BCUT2D eigenvalue weighted by Gasteiger charge is -2.32. The van der Waals surface area contributed by atoms with Crippen LogP contribution in [0.15, 0.2) is 0 Å². The SMILES string of the molecule is CCCCCCCCCCCCCCCCCCOC1CN(C(=O)OC(=O)NCCC(C)(CC)OCCC(C)(CC)OC)CC1OCCCCCCCCCCCCCCCCCC. The fourth-order valence-electron chi connectivity index (χ4n) is 8.88. The summed E-state index contributed by atoms with van der Waals surface area (Å²) >= 11 is 0. The van der Waals surface area contributed by atoms with Crippen molar-refractivity contribution < 1.29 is 33.3 Å². The number of carbonyl (C=O) groups excluding carboxylic acids is 2. The second-order valence-corrected chi connectivity index (χ2v) is 20.1. The number of nitrogens with one attached hydrogen (secondary N) is 1. The number of unbranched alkanes of at least 4 members (excludes halogenated alkanes) is 30. The Labute approximate surface area is 397 Å².